The van der Waals surface area contributed by atoms with E-state index in [0.717, 1.165) is 5.56 Å². The molecular weight excluding hydrogens is 260 g/mol. The Kier molecular flexibility index (Phi) is 3.88. The van der Waals surface area contributed by atoms with Crippen molar-refractivity contribution < 1.29 is 19.1 Å². The smallest absolute Gasteiger partial charge is 0.321 e. The van der Waals surface area contributed by atoms with Gasteiger partial charge in [-0.2, -0.15) is 0 Å². The van der Waals surface area contributed by atoms with Crippen LogP contribution >= 0.6 is 11.6 Å². The van der Waals surface area contributed by atoms with Crippen LogP contribution in [0.4, 0.5) is 4.79 Å². The molecule has 1 aromatic carbocycles. The zero-order chi connectivity index (χ0) is 13.0. The van der Waals surface area contributed by atoms with Crippen LogP contribution in [-0.4, -0.2) is 24.6 Å². The summed E-state index contributed by atoms with van der Waals surface area (Å²) < 4.78 is 10.4. The van der Waals surface area contributed by atoms with Gasteiger partial charge in [-0.15, -0.1) is 11.6 Å². The van der Waals surface area contributed by atoms with Crippen LogP contribution in [0.5, 0.6) is 11.5 Å². The number of alkyl halides is 1. The van der Waals surface area contributed by atoms with Crippen LogP contribution in [0.2, 0.25) is 0 Å². The summed E-state index contributed by atoms with van der Waals surface area (Å²) in [6, 6.07) is 4.75. The van der Waals surface area contributed by atoms with E-state index in [1.54, 1.807) is 18.2 Å². The SMILES string of the molecule is O=C(CCl)NC(=O)NCc1ccc2c(c1)OCO2. The second kappa shape index (κ2) is 5.59. The van der Waals surface area contributed by atoms with Crippen LogP contribution in [0.15, 0.2) is 18.2 Å². The number of ether oxygens (including phenoxy) is 2. The molecule has 0 saturated carbocycles. The van der Waals surface area contributed by atoms with Gasteiger partial charge in [0.25, 0.3) is 0 Å². The van der Waals surface area contributed by atoms with E-state index in [4.69, 9.17) is 21.1 Å². The zero-order valence-corrected chi connectivity index (χ0v) is 10.1. The number of amides is 3. The highest BCUT2D eigenvalue weighted by molar-refractivity contribution is 6.28. The van der Waals surface area contributed by atoms with Crippen molar-refractivity contribution in [1.82, 2.24) is 10.6 Å². The first-order chi connectivity index (χ1) is 8.69. The normalized spacial score (nSPS) is 12.1. The molecule has 0 spiro atoms. The Morgan fingerprint density at radius 3 is 2.83 bits per heavy atom. The third kappa shape index (κ3) is 3.04. The summed E-state index contributed by atoms with van der Waals surface area (Å²) in [4.78, 5) is 22.1. The van der Waals surface area contributed by atoms with Crippen LogP contribution in [0.3, 0.4) is 0 Å². The molecule has 1 aliphatic heterocycles. The van der Waals surface area contributed by atoms with Crippen LogP contribution in [0, 0.1) is 0 Å². The van der Waals surface area contributed by atoms with Crippen molar-refractivity contribution in [3.05, 3.63) is 23.8 Å². The van der Waals surface area contributed by atoms with Crippen LogP contribution in [0.1, 0.15) is 5.56 Å². The van der Waals surface area contributed by atoms with Crippen molar-refractivity contribution >= 4 is 23.5 Å². The van der Waals surface area contributed by atoms with E-state index in [-0.39, 0.29) is 19.2 Å². The molecule has 0 aromatic heterocycles. The molecule has 2 N–H and O–H groups in total. The second-order valence-electron chi connectivity index (χ2n) is 3.55. The molecule has 0 radical (unpaired) electrons. The highest BCUT2D eigenvalue weighted by Crippen LogP contribution is 2.32. The number of benzene rings is 1. The molecule has 6 nitrogen and oxygen atoms in total. The van der Waals surface area contributed by atoms with Gasteiger partial charge < -0.3 is 14.8 Å². The van der Waals surface area contributed by atoms with Crippen molar-refractivity contribution in [3.8, 4) is 11.5 Å². The summed E-state index contributed by atoms with van der Waals surface area (Å²) in [5, 5.41) is 4.60. The van der Waals surface area contributed by atoms with Crippen molar-refractivity contribution in [2.45, 2.75) is 6.54 Å². The molecule has 1 heterocycles. The van der Waals surface area contributed by atoms with Gasteiger partial charge in [0.1, 0.15) is 5.88 Å². The minimum absolute atomic E-state index is 0.205. The maximum Gasteiger partial charge on any atom is 0.321 e. The molecule has 0 unspecified atom stereocenters. The first kappa shape index (κ1) is 12.5. The molecule has 18 heavy (non-hydrogen) atoms. The average Bonchev–Trinajstić information content (AvgIpc) is 2.83. The topological polar surface area (TPSA) is 76.7 Å². The fourth-order valence-electron chi connectivity index (χ4n) is 1.44. The number of carbonyl (C=O) groups excluding carboxylic acids is 2. The number of nitrogens with one attached hydrogen (secondary N) is 2. The highest BCUT2D eigenvalue weighted by Gasteiger charge is 2.13. The Bertz CT molecular complexity index is 478. The Morgan fingerprint density at radius 2 is 2.06 bits per heavy atom. The molecule has 1 aromatic rings. The van der Waals surface area contributed by atoms with E-state index in [2.05, 4.69) is 10.6 Å². The van der Waals surface area contributed by atoms with Gasteiger partial charge in [0.2, 0.25) is 12.7 Å². The number of hydrogen-bond donors (Lipinski definition) is 2. The lowest BCUT2D eigenvalue weighted by molar-refractivity contribution is -0.117. The van der Waals surface area contributed by atoms with Gasteiger partial charge in [0, 0.05) is 6.54 Å². The monoisotopic (exact) mass is 270 g/mol. The number of halogens is 1. The molecule has 2 rings (SSSR count). The molecule has 0 atom stereocenters. The molecule has 1 aliphatic rings. The molecule has 0 saturated heterocycles. The predicted octanol–water partition coefficient (Wildman–Crippen LogP) is 0.980. The highest BCUT2D eigenvalue weighted by atomic mass is 35.5. The van der Waals surface area contributed by atoms with Crippen molar-refractivity contribution in [1.29, 1.82) is 0 Å². The maximum atomic E-state index is 11.3. The summed E-state index contributed by atoms with van der Waals surface area (Å²) in [7, 11) is 0. The molecule has 0 fully saturated rings. The number of carbonyl (C=O) groups is 2. The van der Waals surface area contributed by atoms with Crippen molar-refractivity contribution in [2.24, 2.45) is 0 Å². The Morgan fingerprint density at radius 1 is 1.28 bits per heavy atom. The summed E-state index contributed by atoms with van der Waals surface area (Å²) in [5.74, 6) is 0.532. The van der Waals surface area contributed by atoms with Crippen LogP contribution in [-0.2, 0) is 11.3 Å². The maximum absolute atomic E-state index is 11.3. The molecular formula is C11H11ClN2O4. The first-order valence-electron chi connectivity index (χ1n) is 5.21. The van der Waals surface area contributed by atoms with Gasteiger partial charge in [0.05, 0.1) is 0 Å². The lowest BCUT2D eigenvalue weighted by Gasteiger charge is -2.06. The van der Waals surface area contributed by atoms with Gasteiger partial charge in [-0.25, -0.2) is 4.79 Å². The van der Waals surface area contributed by atoms with Crippen molar-refractivity contribution in [2.75, 3.05) is 12.7 Å². The minimum Gasteiger partial charge on any atom is -0.454 e. The fourth-order valence-corrected chi connectivity index (χ4v) is 1.50. The molecule has 0 aliphatic carbocycles. The zero-order valence-electron chi connectivity index (χ0n) is 9.36. The second-order valence-corrected chi connectivity index (χ2v) is 3.82. The van der Waals surface area contributed by atoms with E-state index < -0.39 is 11.9 Å². The van der Waals surface area contributed by atoms with Gasteiger partial charge in [-0.1, -0.05) is 6.07 Å². The summed E-state index contributed by atoms with van der Waals surface area (Å²) in [5.41, 5.74) is 0.840. The minimum atomic E-state index is -0.585. The summed E-state index contributed by atoms with van der Waals surface area (Å²) in [6.07, 6.45) is 0. The lowest BCUT2D eigenvalue weighted by Crippen LogP contribution is -2.39. The average molecular weight is 271 g/mol. The predicted molar refractivity (Wildman–Crippen MR) is 63.7 cm³/mol. The number of rotatable bonds is 3. The van der Waals surface area contributed by atoms with E-state index in [9.17, 15) is 9.59 Å². The number of fused-ring (bicyclic) bond motifs is 1. The number of urea groups is 1. The van der Waals surface area contributed by atoms with E-state index in [0.29, 0.717) is 11.5 Å². The molecule has 96 valence electrons. The molecule has 0 bridgehead atoms. The Hall–Kier alpha value is -1.95. The molecule has 7 heteroatoms. The number of hydrogen-bond acceptors (Lipinski definition) is 4. The quantitative estimate of drug-likeness (QED) is 0.803. The Balaban J connectivity index is 1.87. The Labute approximate surface area is 108 Å². The van der Waals surface area contributed by atoms with Crippen molar-refractivity contribution in [3.63, 3.8) is 0 Å². The fraction of sp³-hybridized carbons (Fsp3) is 0.273. The van der Waals surface area contributed by atoms with Gasteiger partial charge >= 0.3 is 6.03 Å². The largest absolute Gasteiger partial charge is 0.454 e. The summed E-state index contributed by atoms with van der Waals surface area (Å²) in [6.45, 7) is 0.481. The number of imide groups is 1. The van der Waals surface area contributed by atoms with Gasteiger partial charge in [0.15, 0.2) is 11.5 Å². The van der Waals surface area contributed by atoms with E-state index in [1.165, 1.54) is 0 Å². The summed E-state index contributed by atoms with van der Waals surface area (Å²) >= 11 is 5.25. The lowest BCUT2D eigenvalue weighted by atomic mass is 10.2. The molecule has 3 amide bonds. The van der Waals surface area contributed by atoms with Gasteiger partial charge in [-0.05, 0) is 17.7 Å². The van der Waals surface area contributed by atoms with E-state index >= 15 is 0 Å². The van der Waals surface area contributed by atoms with Crippen LogP contribution in [0.25, 0.3) is 0 Å². The van der Waals surface area contributed by atoms with E-state index in [1.807, 2.05) is 0 Å². The van der Waals surface area contributed by atoms with Crippen LogP contribution < -0.4 is 20.1 Å². The third-order valence-electron chi connectivity index (χ3n) is 2.26. The first-order valence-corrected chi connectivity index (χ1v) is 5.74. The third-order valence-corrected chi connectivity index (χ3v) is 2.51. The van der Waals surface area contributed by atoms with Gasteiger partial charge in [-0.3, -0.25) is 10.1 Å². The standard InChI is InChI=1S/C11H11ClN2O4/c12-4-10(15)14-11(16)13-5-7-1-2-8-9(3-7)18-6-17-8/h1-3H,4-6H2,(H2,13,14,15,16).